The van der Waals surface area contributed by atoms with E-state index in [-0.39, 0.29) is 17.3 Å². The van der Waals surface area contributed by atoms with E-state index in [1.165, 1.54) is 6.08 Å². The minimum Gasteiger partial charge on any atom is -0.457 e. The predicted octanol–water partition coefficient (Wildman–Crippen LogP) is 4.54. The first-order chi connectivity index (χ1) is 12.2. The van der Waals surface area contributed by atoms with Crippen LogP contribution >= 0.6 is 11.6 Å². The summed E-state index contributed by atoms with van der Waals surface area (Å²) in [5.41, 5.74) is 1.96. The molecule has 3 aromatic rings. The third kappa shape index (κ3) is 4.03. The smallest absolute Gasteiger partial charge is 0.349 e. The van der Waals surface area contributed by atoms with E-state index in [9.17, 15) is 10.1 Å². The van der Waals surface area contributed by atoms with Crippen molar-refractivity contribution in [2.24, 2.45) is 0 Å². The molecule has 3 rings (SSSR count). The Morgan fingerprint density at radius 2 is 1.88 bits per heavy atom. The molecule has 0 saturated heterocycles. The number of benzene rings is 2. The van der Waals surface area contributed by atoms with Crippen LogP contribution < -0.4 is 0 Å². The van der Waals surface area contributed by atoms with E-state index in [1.54, 1.807) is 6.07 Å². The lowest BCUT2D eigenvalue weighted by Crippen LogP contribution is -2.07. The first-order valence-electron chi connectivity index (χ1n) is 7.55. The lowest BCUT2D eigenvalue weighted by atomic mass is 10.1. The lowest BCUT2D eigenvalue weighted by molar-refractivity contribution is -0.139. The molecule has 1 aromatic heterocycles. The molecule has 0 aliphatic carbocycles. The van der Waals surface area contributed by atoms with Crippen molar-refractivity contribution in [1.82, 2.24) is 4.98 Å². The van der Waals surface area contributed by atoms with Crippen molar-refractivity contribution in [3.63, 3.8) is 0 Å². The summed E-state index contributed by atoms with van der Waals surface area (Å²) < 4.78 is 5.19. The number of ether oxygens (including phenoxy) is 1. The van der Waals surface area contributed by atoms with E-state index in [4.69, 9.17) is 16.3 Å². The van der Waals surface area contributed by atoms with Crippen LogP contribution in [0.2, 0.25) is 5.15 Å². The molecule has 0 spiro atoms. The number of nitriles is 1. The first-order valence-corrected chi connectivity index (χ1v) is 7.93. The van der Waals surface area contributed by atoms with E-state index in [0.717, 1.165) is 16.5 Å². The van der Waals surface area contributed by atoms with Gasteiger partial charge in [-0.25, -0.2) is 9.78 Å². The van der Waals surface area contributed by atoms with Gasteiger partial charge in [0.05, 0.1) is 5.52 Å². The van der Waals surface area contributed by atoms with E-state index < -0.39 is 5.97 Å². The van der Waals surface area contributed by atoms with Gasteiger partial charge in [0, 0.05) is 10.9 Å². The number of hydrogen-bond donors (Lipinski definition) is 0. The fourth-order valence-corrected chi connectivity index (χ4v) is 2.50. The van der Waals surface area contributed by atoms with E-state index in [2.05, 4.69) is 4.98 Å². The Morgan fingerprint density at radius 1 is 1.16 bits per heavy atom. The van der Waals surface area contributed by atoms with Crippen molar-refractivity contribution >= 4 is 34.5 Å². The highest BCUT2D eigenvalue weighted by molar-refractivity contribution is 6.31. The van der Waals surface area contributed by atoms with E-state index in [0.29, 0.717) is 5.56 Å². The minimum absolute atomic E-state index is 0.0996. The summed E-state index contributed by atoms with van der Waals surface area (Å²) in [6.45, 7) is 0.0996. The number of hydrogen-bond acceptors (Lipinski definition) is 4. The SMILES string of the molecule is N#C/C(=C\c1cc2ccccc2nc1Cl)C(=O)OCc1ccccc1. The highest BCUT2D eigenvalue weighted by Crippen LogP contribution is 2.23. The predicted molar refractivity (Wildman–Crippen MR) is 96.6 cm³/mol. The van der Waals surface area contributed by atoms with Crippen molar-refractivity contribution in [2.75, 3.05) is 0 Å². The third-order valence-corrected chi connectivity index (χ3v) is 3.86. The highest BCUT2D eigenvalue weighted by atomic mass is 35.5. The molecular weight excluding hydrogens is 336 g/mol. The molecule has 0 radical (unpaired) electrons. The number of pyridine rings is 1. The molecule has 122 valence electrons. The average molecular weight is 349 g/mol. The summed E-state index contributed by atoms with van der Waals surface area (Å²) >= 11 is 6.16. The third-order valence-electron chi connectivity index (χ3n) is 3.56. The molecule has 25 heavy (non-hydrogen) atoms. The van der Waals surface area contributed by atoms with Gasteiger partial charge in [-0.2, -0.15) is 5.26 Å². The Hall–Kier alpha value is -3.16. The van der Waals surface area contributed by atoms with Gasteiger partial charge in [0.1, 0.15) is 23.4 Å². The first kappa shape index (κ1) is 16.7. The molecule has 0 aliphatic rings. The average Bonchev–Trinajstić information content (AvgIpc) is 2.65. The molecule has 0 aliphatic heterocycles. The number of nitrogens with zero attached hydrogens (tertiary/aromatic N) is 2. The van der Waals surface area contributed by atoms with Crippen molar-refractivity contribution in [1.29, 1.82) is 5.26 Å². The van der Waals surface area contributed by atoms with Crippen LogP contribution in [0, 0.1) is 11.3 Å². The second-order valence-corrected chi connectivity index (χ2v) is 5.65. The van der Waals surface area contributed by atoms with E-state index in [1.807, 2.05) is 60.7 Å². The standard InChI is InChI=1S/C20H13ClN2O2/c21-19-16(10-15-8-4-5-9-18(15)23-19)11-17(12-22)20(24)25-13-14-6-2-1-3-7-14/h1-11H,13H2/b17-11+. The molecule has 0 amide bonds. The quantitative estimate of drug-likeness (QED) is 0.300. The van der Waals surface area contributed by atoms with Gasteiger partial charge >= 0.3 is 5.97 Å². The number of aromatic nitrogens is 1. The minimum atomic E-state index is -0.699. The van der Waals surface area contributed by atoms with Crippen LogP contribution in [-0.4, -0.2) is 11.0 Å². The Bertz CT molecular complexity index is 991. The maximum absolute atomic E-state index is 12.2. The molecule has 0 saturated carbocycles. The number of carbonyl (C=O) groups excluding carboxylic acids is 1. The zero-order valence-corrected chi connectivity index (χ0v) is 13.9. The normalized spacial score (nSPS) is 11.1. The monoisotopic (exact) mass is 348 g/mol. The Balaban J connectivity index is 1.83. The number of carbonyl (C=O) groups is 1. The van der Waals surface area contributed by atoms with E-state index >= 15 is 0 Å². The maximum atomic E-state index is 12.2. The fourth-order valence-electron chi connectivity index (χ4n) is 2.30. The second-order valence-electron chi connectivity index (χ2n) is 5.29. The number of esters is 1. The van der Waals surface area contributed by atoms with Crippen LogP contribution in [0.15, 0.2) is 66.2 Å². The summed E-state index contributed by atoms with van der Waals surface area (Å²) in [5, 5.41) is 10.4. The van der Waals surface area contributed by atoms with Gasteiger partial charge in [0.15, 0.2) is 0 Å². The molecule has 0 fully saturated rings. The highest BCUT2D eigenvalue weighted by Gasteiger charge is 2.13. The van der Waals surface area contributed by atoms with Crippen LogP contribution in [-0.2, 0) is 16.1 Å². The molecule has 0 unspecified atom stereocenters. The zero-order valence-electron chi connectivity index (χ0n) is 13.1. The summed E-state index contributed by atoms with van der Waals surface area (Å²) in [5.74, 6) is -0.699. The second kappa shape index (κ2) is 7.61. The van der Waals surface area contributed by atoms with Gasteiger partial charge in [0.25, 0.3) is 0 Å². The number of para-hydroxylation sites is 1. The molecule has 1 heterocycles. The fraction of sp³-hybridized carbons (Fsp3) is 0.0500. The van der Waals surface area contributed by atoms with Crippen molar-refractivity contribution in [2.45, 2.75) is 6.61 Å². The summed E-state index contributed by atoms with van der Waals surface area (Å²) in [4.78, 5) is 16.4. The molecule has 0 atom stereocenters. The molecule has 0 bridgehead atoms. The van der Waals surface area contributed by atoms with Crippen molar-refractivity contribution < 1.29 is 9.53 Å². The Kier molecular flexibility index (Phi) is 5.08. The largest absolute Gasteiger partial charge is 0.457 e. The van der Waals surface area contributed by atoms with Crippen LogP contribution in [0.4, 0.5) is 0 Å². The van der Waals surface area contributed by atoms with Crippen molar-refractivity contribution in [3.05, 3.63) is 82.5 Å². The van der Waals surface area contributed by atoms with Gasteiger partial charge in [-0.3, -0.25) is 0 Å². The number of halogens is 1. The topological polar surface area (TPSA) is 63.0 Å². The zero-order chi connectivity index (χ0) is 17.6. The molecule has 4 nitrogen and oxygen atoms in total. The van der Waals surface area contributed by atoms with Crippen LogP contribution in [0.1, 0.15) is 11.1 Å². The number of rotatable bonds is 4. The van der Waals surface area contributed by atoms with Crippen LogP contribution in [0.25, 0.3) is 17.0 Å². The number of fused-ring (bicyclic) bond motifs is 1. The van der Waals surface area contributed by atoms with Gasteiger partial charge in [-0.1, -0.05) is 60.1 Å². The van der Waals surface area contributed by atoms with Crippen LogP contribution in [0.5, 0.6) is 0 Å². The maximum Gasteiger partial charge on any atom is 0.349 e. The van der Waals surface area contributed by atoms with Crippen molar-refractivity contribution in [3.8, 4) is 6.07 Å². The summed E-state index contributed by atoms with van der Waals surface area (Å²) in [7, 11) is 0. The molecule has 0 N–H and O–H groups in total. The van der Waals surface area contributed by atoms with Gasteiger partial charge in [0.2, 0.25) is 0 Å². The molecule has 2 aromatic carbocycles. The summed E-state index contributed by atoms with van der Waals surface area (Å²) in [6, 6.07) is 20.4. The van der Waals surface area contributed by atoms with Gasteiger partial charge < -0.3 is 4.74 Å². The lowest BCUT2D eigenvalue weighted by Gasteiger charge is -2.05. The molecular formula is C20H13ClN2O2. The van der Waals surface area contributed by atoms with Gasteiger partial charge in [-0.15, -0.1) is 0 Å². The Morgan fingerprint density at radius 3 is 2.64 bits per heavy atom. The van der Waals surface area contributed by atoms with Gasteiger partial charge in [-0.05, 0) is 23.8 Å². The van der Waals surface area contributed by atoms with Crippen LogP contribution in [0.3, 0.4) is 0 Å². The Labute approximate surface area is 149 Å². The molecule has 5 heteroatoms. The summed E-state index contributed by atoms with van der Waals surface area (Å²) in [6.07, 6.45) is 1.40.